The molecule has 1 saturated heterocycles. The van der Waals surface area contributed by atoms with Crippen molar-refractivity contribution in [2.45, 2.75) is 20.3 Å². The number of nitrogens with one attached hydrogen (secondary N) is 2. The van der Waals surface area contributed by atoms with Gasteiger partial charge in [0.25, 0.3) is 5.91 Å². The maximum atomic E-state index is 11.7. The number of benzene rings is 1. The molecule has 0 atom stereocenters. The molecule has 0 aromatic heterocycles. The molecule has 1 aromatic carbocycles. The van der Waals surface area contributed by atoms with Gasteiger partial charge < -0.3 is 14.8 Å². The van der Waals surface area contributed by atoms with E-state index in [1.807, 2.05) is 19.1 Å². The molecule has 1 aliphatic heterocycles. The maximum Gasteiger partial charge on any atom is 0.264 e. The van der Waals surface area contributed by atoms with Gasteiger partial charge in [-0.3, -0.25) is 10.2 Å². The maximum absolute atomic E-state index is 11.7. The van der Waals surface area contributed by atoms with Gasteiger partial charge in [-0.1, -0.05) is 6.92 Å². The normalized spacial score (nSPS) is 16.0. The minimum atomic E-state index is -0.241. The standard InChI is InChI=1S/C15H17IN2O3S/c1-3-5-21-13-10(16)6-9(7-11(13)20-4-2)8-12-14(19)18-15(17)22-12/h6-8H,3-5H2,1-2H3,(H2,17,18,19)/b12-8-. The van der Waals surface area contributed by atoms with Crippen molar-refractivity contribution in [1.29, 1.82) is 5.41 Å². The third-order valence-corrected chi connectivity index (χ3v) is 4.37. The van der Waals surface area contributed by atoms with Gasteiger partial charge in [0.15, 0.2) is 16.7 Å². The van der Waals surface area contributed by atoms with E-state index in [-0.39, 0.29) is 11.1 Å². The molecule has 0 saturated carbocycles. The SMILES string of the molecule is CCCOc1c(I)cc(/C=C2\SC(=N)NC2=O)cc1OCC. The summed E-state index contributed by atoms with van der Waals surface area (Å²) < 4.78 is 12.4. The van der Waals surface area contributed by atoms with Crippen LogP contribution in [0.2, 0.25) is 0 Å². The second kappa shape index (κ2) is 7.87. The highest BCUT2D eigenvalue weighted by molar-refractivity contribution is 14.1. The Morgan fingerprint density at radius 2 is 2.14 bits per heavy atom. The molecule has 0 radical (unpaired) electrons. The van der Waals surface area contributed by atoms with Crippen LogP contribution < -0.4 is 14.8 Å². The molecule has 0 unspecified atom stereocenters. The van der Waals surface area contributed by atoms with E-state index in [4.69, 9.17) is 14.9 Å². The average molecular weight is 432 g/mol. The fraction of sp³-hybridized carbons (Fsp3) is 0.333. The highest BCUT2D eigenvalue weighted by atomic mass is 127. The zero-order valence-corrected chi connectivity index (χ0v) is 15.3. The van der Waals surface area contributed by atoms with Crippen LogP contribution in [0.3, 0.4) is 0 Å². The number of carbonyl (C=O) groups is 1. The smallest absolute Gasteiger partial charge is 0.264 e. The number of hydrogen-bond donors (Lipinski definition) is 2. The van der Waals surface area contributed by atoms with Crippen molar-refractivity contribution in [3.8, 4) is 11.5 Å². The van der Waals surface area contributed by atoms with Gasteiger partial charge in [0, 0.05) is 0 Å². The van der Waals surface area contributed by atoms with E-state index < -0.39 is 0 Å². The Kier molecular flexibility index (Phi) is 6.13. The van der Waals surface area contributed by atoms with Gasteiger partial charge in [-0.15, -0.1) is 0 Å². The summed E-state index contributed by atoms with van der Waals surface area (Å²) in [4.78, 5) is 12.2. The third kappa shape index (κ3) is 4.16. The van der Waals surface area contributed by atoms with E-state index in [2.05, 4.69) is 34.8 Å². The van der Waals surface area contributed by atoms with Crippen LogP contribution in [-0.2, 0) is 4.79 Å². The number of amides is 1. The van der Waals surface area contributed by atoms with Crippen molar-refractivity contribution >= 4 is 51.5 Å². The summed E-state index contributed by atoms with van der Waals surface area (Å²) in [5.41, 5.74) is 0.851. The van der Waals surface area contributed by atoms with Gasteiger partial charge in [-0.25, -0.2) is 0 Å². The Morgan fingerprint density at radius 3 is 2.73 bits per heavy atom. The monoisotopic (exact) mass is 432 g/mol. The first-order valence-corrected chi connectivity index (χ1v) is 8.83. The van der Waals surface area contributed by atoms with Crippen molar-refractivity contribution in [2.24, 2.45) is 0 Å². The Morgan fingerprint density at radius 1 is 1.36 bits per heavy atom. The van der Waals surface area contributed by atoms with Crippen LogP contribution in [0.4, 0.5) is 0 Å². The minimum absolute atomic E-state index is 0.152. The van der Waals surface area contributed by atoms with Gasteiger partial charge in [0.2, 0.25) is 0 Å². The van der Waals surface area contributed by atoms with E-state index in [1.165, 1.54) is 0 Å². The molecule has 0 aliphatic carbocycles. The van der Waals surface area contributed by atoms with E-state index in [9.17, 15) is 4.79 Å². The molecule has 0 bridgehead atoms. The fourth-order valence-electron chi connectivity index (χ4n) is 1.87. The highest BCUT2D eigenvalue weighted by Crippen LogP contribution is 2.36. The van der Waals surface area contributed by atoms with E-state index >= 15 is 0 Å². The molecule has 22 heavy (non-hydrogen) atoms. The molecule has 2 N–H and O–H groups in total. The molecule has 5 nitrogen and oxygen atoms in total. The summed E-state index contributed by atoms with van der Waals surface area (Å²) >= 11 is 3.32. The summed E-state index contributed by atoms with van der Waals surface area (Å²) in [6.45, 7) is 5.14. The minimum Gasteiger partial charge on any atom is -0.490 e. The van der Waals surface area contributed by atoms with Crippen LogP contribution in [0.15, 0.2) is 17.0 Å². The third-order valence-electron chi connectivity index (χ3n) is 2.74. The van der Waals surface area contributed by atoms with Gasteiger partial charge in [-0.2, -0.15) is 0 Å². The highest BCUT2D eigenvalue weighted by Gasteiger charge is 2.22. The van der Waals surface area contributed by atoms with Crippen LogP contribution in [0, 0.1) is 8.98 Å². The van der Waals surface area contributed by atoms with Gasteiger partial charge in [0.05, 0.1) is 21.7 Å². The molecule has 2 rings (SSSR count). The molecule has 1 aliphatic rings. The fourth-order valence-corrected chi connectivity index (χ4v) is 3.35. The van der Waals surface area contributed by atoms with Crippen LogP contribution >= 0.6 is 34.4 Å². The molecule has 1 fully saturated rings. The van der Waals surface area contributed by atoms with Gasteiger partial charge in [-0.05, 0) is 71.5 Å². The second-order valence-corrected chi connectivity index (χ2v) is 6.72. The lowest BCUT2D eigenvalue weighted by Crippen LogP contribution is -2.18. The number of hydrogen-bond acceptors (Lipinski definition) is 5. The molecule has 1 heterocycles. The predicted molar refractivity (Wildman–Crippen MR) is 97.6 cm³/mol. The molecule has 1 amide bonds. The lowest BCUT2D eigenvalue weighted by atomic mass is 10.2. The van der Waals surface area contributed by atoms with E-state index in [1.54, 1.807) is 6.08 Å². The van der Waals surface area contributed by atoms with Crippen molar-refractivity contribution in [3.63, 3.8) is 0 Å². The second-order valence-electron chi connectivity index (χ2n) is 4.51. The Labute approximate surface area is 147 Å². The molecular weight excluding hydrogens is 415 g/mol. The zero-order chi connectivity index (χ0) is 16.1. The zero-order valence-electron chi connectivity index (χ0n) is 12.4. The van der Waals surface area contributed by atoms with Crippen LogP contribution in [0.1, 0.15) is 25.8 Å². The quantitative estimate of drug-likeness (QED) is 0.532. The summed E-state index contributed by atoms with van der Waals surface area (Å²) in [6.07, 6.45) is 2.68. The number of halogens is 1. The van der Waals surface area contributed by atoms with Crippen LogP contribution in [0.5, 0.6) is 11.5 Å². The first kappa shape index (κ1) is 17.1. The van der Waals surface area contributed by atoms with Crippen molar-refractivity contribution < 1.29 is 14.3 Å². The first-order chi connectivity index (χ1) is 10.5. The Bertz CT molecular complexity index is 631. The van der Waals surface area contributed by atoms with E-state index in [0.29, 0.717) is 23.9 Å². The van der Waals surface area contributed by atoms with Gasteiger partial charge >= 0.3 is 0 Å². The van der Waals surface area contributed by atoms with Crippen LogP contribution in [0.25, 0.3) is 6.08 Å². The lowest BCUT2D eigenvalue weighted by Gasteiger charge is -2.14. The summed E-state index contributed by atoms with van der Waals surface area (Å²) in [5.74, 6) is 1.17. The average Bonchev–Trinajstić information content (AvgIpc) is 2.76. The largest absolute Gasteiger partial charge is 0.490 e. The topological polar surface area (TPSA) is 71.4 Å². The van der Waals surface area contributed by atoms with Crippen LogP contribution in [-0.4, -0.2) is 24.3 Å². The number of rotatable bonds is 6. The summed E-state index contributed by atoms with van der Waals surface area (Å²) in [6, 6.07) is 3.80. The summed E-state index contributed by atoms with van der Waals surface area (Å²) in [7, 11) is 0. The first-order valence-electron chi connectivity index (χ1n) is 6.93. The molecular formula is C15H17IN2O3S. The van der Waals surface area contributed by atoms with E-state index in [0.717, 1.165) is 33.1 Å². The molecule has 1 aromatic rings. The van der Waals surface area contributed by atoms with Crippen molar-refractivity contribution in [3.05, 3.63) is 26.2 Å². The number of carbonyl (C=O) groups excluding carboxylic acids is 1. The number of ether oxygens (including phenoxy) is 2. The predicted octanol–water partition coefficient (Wildman–Crippen LogP) is 3.62. The van der Waals surface area contributed by atoms with Crippen molar-refractivity contribution in [2.75, 3.05) is 13.2 Å². The van der Waals surface area contributed by atoms with Gasteiger partial charge in [0.1, 0.15) is 0 Å². The number of amidine groups is 1. The molecule has 118 valence electrons. The van der Waals surface area contributed by atoms with Crippen molar-refractivity contribution in [1.82, 2.24) is 5.32 Å². The lowest BCUT2D eigenvalue weighted by molar-refractivity contribution is -0.115. The molecule has 0 spiro atoms. The Balaban J connectivity index is 2.35. The molecule has 7 heteroatoms. The number of thioether (sulfide) groups is 1. The Hall–Kier alpha value is -1.22. The summed E-state index contributed by atoms with van der Waals surface area (Å²) in [5, 5.41) is 10.1.